The highest BCUT2D eigenvalue weighted by atomic mass is 127. The van der Waals surface area contributed by atoms with Crippen molar-refractivity contribution in [2.75, 3.05) is 45.3 Å². The Balaban J connectivity index is 0.00000320. The standard InChI is InChI=1S/C23H32N4O2.HI/c1-4-24-23(25-15-18-8-10-21(28-2)11-9-18)26-16-19-12-13-27(17-19)20-6-5-7-22(14-20)29-3;/h5-11,14,19H,4,12-13,15-17H2,1-3H3,(H2,24,25,26);1H. The second kappa shape index (κ2) is 12.5. The van der Waals surface area contributed by atoms with Gasteiger partial charge in [-0.3, -0.25) is 0 Å². The molecule has 3 rings (SSSR count). The third-order valence-electron chi connectivity index (χ3n) is 5.19. The Labute approximate surface area is 197 Å². The van der Waals surface area contributed by atoms with Crippen molar-refractivity contribution >= 4 is 35.6 Å². The molecule has 0 amide bonds. The van der Waals surface area contributed by atoms with E-state index in [1.165, 1.54) is 12.1 Å². The van der Waals surface area contributed by atoms with Gasteiger partial charge < -0.3 is 25.0 Å². The fourth-order valence-electron chi connectivity index (χ4n) is 3.53. The molecular formula is C23H33IN4O2. The minimum atomic E-state index is 0. The van der Waals surface area contributed by atoms with Gasteiger partial charge in [-0.15, -0.1) is 24.0 Å². The van der Waals surface area contributed by atoms with Crippen molar-refractivity contribution in [3.63, 3.8) is 0 Å². The Bertz CT molecular complexity index is 798. The van der Waals surface area contributed by atoms with E-state index in [9.17, 15) is 0 Å². The lowest BCUT2D eigenvalue weighted by Crippen LogP contribution is -2.40. The zero-order chi connectivity index (χ0) is 20.5. The minimum Gasteiger partial charge on any atom is -0.497 e. The van der Waals surface area contributed by atoms with E-state index in [0.29, 0.717) is 12.5 Å². The number of rotatable bonds is 8. The summed E-state index contributed by atoms with van der Waals surface area (Å²) in [5.41, 5.74) is 2.39. The largest absolute Gasteiger partial charge is 0.497 e. The molecule has 164 valence electrons. The topological polar surface area (TPSA) is 58.1 Å². The number of nitrogens with one attached hydrogen (secondary N) is 2. The molecule has 1 atom stereocenters. The van der Waals surface area contributed by atoms with Crippen molar-refractivity contribution in [2.45, 2.75) is 19.9 Å². The monoisotopic (exact) mass is 524 g/mol. The maximum Gasteiger partial charge on any atom is 0.191 e. The van der Waals surface area contributed by atoms with Crippen LogP contribution in [0.3, 0.4) is 0 Å². The molecule has 1 aliphatic rings. The van der Waals surface area contributed by atoms with Crippen LogP contribution >= 0.6 is 24.0 Å². The van der Waals surface area contributed by atoms with Gasteiger partial charge in [0.2, 0.25) is 0 Å². The van der Waals surface area contributed by atoms with E-state index in [0.717, 1.165) is 49.2 Å². The van der Waals surface area contributed by atoms with Gasteiger partial charge in [0.05, 0.1) is 20.8 Å². The van der Waals surface area contributed by atoms with Crippen LogP contribution in [-0.4, -0.2) is 46.4 Å². The average molecular weight is 524 g/mol. The van der Waals surface area contributed by atoms with Crippen LogP contribution in [-0.2, 0) is 6.54 Å². The number of hydrogen-bond acceptors (Lipinski definition) is 4. The molecule has 1 heterocycles. The van der Waals surface area contributed by atoms with E-state index < -0.39 is 0 Å². The number of benzene rings is 2. The predicted octanol–water partition coefficient (Wildman–Crippen LogP) is 3.90. The Hall–Kier alpha value is -2.16. The lowest BCUT2D eigenvalue weighted by atomic mass is 10.1. The number of hydrogen-bond donors (Lipinski definition) is 2. The molecule has 1 aliphatic heterocycles. The van der Waals surface area contributed by atoms with Gasteiger partial charge in [0, 0.05) is 37.9 Å². The second-order valence-corrected chi connectivity index (χ2v) is 7.23. The van der Waals surface area contributed by atoms with Crippen LogP contribution in [0.2, 0.25) is 0 Å². The smallest absolute Gasteiger partial charge is 0.191 e. The second-order valence-electron chi connectivity index (χ2n) is 7.23. The van der Waals surface area contributed by atoms with Gasteiger partial charge in [0.1, 0.15) is 11.5 Å². The summed E-state index contributed by atoms with van der Waals surface area (Å²) in [5, 5.41) is 6.85. The summed E-state index contributed by atoms with van der Waals surface area (Å²) >= 11 is 0. The molecule has 7 heteroatoms. The highest BCUT2D eigenvalue weighted by molar-refractivity contribution is 14.0. The summed E-state index contributed by atoms with van der Waals surface area (Å²) in [5.74, 6) is 3.22. The molecule has 0 aromatic heterocycles. The molecular weight excluding hydrogens is 491 g/mol. The van der Waals surface area contributed by atoms with Gasteiger partial charge in [-0.1, -0.05) is 18.2 Å². The maximum absolute atomic E-state index is 5.35. The summed E-state index contributed by atoms with van der Waals surface area (Å²) in [4.78, 5) is 7.15. The first-order chi connectivity index (χ1) is 14.2. The minimum absolute atomic E-state index is 0. The predicted molar refractivity (Wildman–Crippen MR) is 135 cm³/mol. The van der Waals surface area contributed by atoms with E-state index in [1.807, 2.05) is 18.2 Å². The summed E-state index contributed by atoms with van der Waals surface area (Å²) < 4.78 is 10.6. The molecule has 0 bridgehead atoms. The molecule has 1 saturated heterocycles. The van der Waals surface area contributed by atoms with Crippen molar-refractivity contribution in [1.82, 2.24) is 10.6 Å². The molecule has 6 nitrogen and oxygen atoms in total. The van der Waals surface area contributed by atoms with Crippen LogP contribution in [0.1, 0.15) is 18.9 Å². The van der Waals surface area contributed by atoms with Gasteiger partial charge in [-0.25, -0.2) is 4.99 Å². The van der Waals surface area contributed by atoms with Crippen LogP contribution in [0.4, 0.5) is 5.69 Å². The molecule has 30 heavy (non-hydrogen) atoms. The van der Waals surface area contributed by atoms with Crippen LogP contribution in [0.15, 0.2) is 53.5 Å². The van der Waals surface area contributed by atoms with Crippen molar-refractivity contribution in [3.8, 4) is 11.5 Å². The van der Waals surface area contributed by atoms with Crippen molar-refractivity contribution < 1.29 is 9.47 Å². The van der Waals surface area contributed by atoms with Gasteiger partial charge in [-0.2, -0.15) is 0 Å². The summed E-state index contributed by atoms with van der Waals surface area (Å²) in [6, 6.07) is 16.3. The van der Waals surface area contributed by atoms with Crippen molar-refractivity contribution in [1.29, 1.82) is 0 Å². The molecule has 2 N–H and O–H groups in total. The zero-order valence-electron chi connectivity index (χ0n) is 18.1. The average Bonchev–Trinajstić information content (AvgIpc) is 3.25. The quantitative estimate of drug-likeness (QED) is 0.312. The lowest BCUT2D eigenvalue weighted by Gasteiger charge is -2.20. The Kier molecular flexibility index (Phi) is 10.1. The number of aliphatic imine (C=N–C) groups is 1. The summed E-state index contributed by atoms with van der Waals surface area (Å²) in [6.45, 7) is 6.59. The number of ether oxygens (including phenoxy) is 2. The van der Waals surface area contributed by atoms with E-state index in [1.54, 1.807) is 14.2 Å². The highest BCUT2D eigenvalue weighted by Crippen LogP contribution is 2.26. The highest BCUT2D eigenvalue weighted by Gasteiger charge is 2.23. The first-order valence-electron chi connectivity index (χ1n) is 10.3. The first-order valence-corrected chi connectivity index (χ1v) is 10.3. The number of guanidine groups is 1. The Morgan fingerprint density at radius 1 is 1.07 bits per heavy atom. The Morgan fingerprint density at radius 3 is 2.53 bits per heavy atom. The van der Waals surface area contributed by atoms with Crippen LogP contribution in [0.5, 0.6) is 11.5 Å². The van der Waals surface area contributed by atoms with Gasteiger partial charge in [0.25, 0.3) is 0 Å². The van der Waals surface area contributed by atoms with E-state index in [2.05, 4.69) is 52.8 Å². The third-order valence-corrected chi connectivity index (χ3v) is 5.19. The number of anilines is 1. The summed E-state index contributed by atoms with van der Waals surface area (Å²) in [7, 11) is 3.39. The Morgan fingerprint density at radius 2 is 1.83 bits per heavy atom. The number of halogens is 1. The molecule has 1 fully saturated rings. The third kappa shape index (κ3) is 6.97. The van der Waals surface area contributed by atoms with E-state index in [4.69, 9.17) is 14.5 Å². The molecule has 2 aromatic carbocycles. The van der Waals surface area contributed by atoms with Crippen LogP contribution in [0.25, 0.3) is 0 Å². The van der Waals surface area contributed by atoms with Gasteiger partial charge in [-0.05, 0) is 49.1 Å². The van der Waals surface area contributed by atoms with Crippen molar-refractivity contribution in [3.05, 3.63) is 54.1 Å². The van der Waals surface area contributed by atoms with Crippen LogP contribution < -0.4 is 25.0 Å². The normalized spacial score (nSPS) is 16.0. The number of methoxy groups -OCH3 is 2. The zero-order valence-corrected chi connectivity index (χ0v) is 20.4. The fraction of sp³-hybridized carbons (Fsp3) is 0.435. The van der Waals surface area contributed by atoms with E-state index >= 15 is 0 Å². The maximum atomic E-state index is 5.35. The van der Waals surface area contributed by atoms with E-state index in [-0.39, 0.29) is 24.0 Å². The molecule has 0 radical (unpaired) electrons. The van der Waals surface area contributed by atoms with Crippen molar-refractivity contribution in [2.24, 2.45) is 10.9 Å². The summed E-state index contributed by atoms with van der Waals surface area (Å²) in [6.07, 6.45) is 1.17. The van der Waals surface area contributed by atoms with Gasteiger partial charge >= 0.3 is 0 Å². The lowest BCUT2D eigenvalue weighted by molar-refractivity contribution is 0.414. The molecule has 1 unspecified atom stereocenters. The first kappa shape index (κ1) is 24.1. The molecule has 0 aliphatic carbocycles. The fourth-order valence-corrected chi connectivity index (χ4v) is 3.53. The van der Waals surface area contributed by atoms with Gasteiger partial charge in [0.15, 0.2) is 5.96 Å². The van der Waals surface area contributed by atoms with Crippen LogP contribution in [0, 0.1) is 5.92 Å². The SMILES string of the molecule is CCNC(=NCc1ccc(OC)cc1)NCC1CCN(c2cccc(OC)c2)C1.I. The molecule has 2 aromatic rings. The number of nitrogens with zero attached hydrogens (tertiary/aromatic N) is 2. The molecule has 0 saturated carbocycles. The molecule has 0 spiro atoms.